The Morgan fingerprint density at radius 3 is 3.09 bits per heavy atom. The number of aromatic nitrogens is 2. The van der Waals surface area contributed by atoms with Crippen molar-refractivity contribution in [1.82, 2.24) is 9.78 Å². The average molecular weight is 173 g/mol. The first kappa shape index (κ1) is 8.58. The highest BCUT2D eigenvalue weighted by atomic mass is 32.2. The molecule has 0 aromatic carbocycles. The summed E-state index contributed by atoms with van der Waals surface area (Å²) in [6.45, 7) is 1.24. The fourth-order valence-corrected chi connectivity index (χ4v) is 1.04. The molecule has 0 radical (unpaired) electrons. The molecule has 0 aliphatic carbocycles. The topological polar surface area (TPSA) is 64.1 Å². The van der Waals surface area contributed by atoms with Gasteiger partial charge in [-0.2, -0.15) is 5.10 Å². The molecule has 0 aliphatic rings. The summed E-state index contributed by atoms with van der Waals surface area (Å²) in [6, 6.07) is 0. The van der Waals surface area contributed by atoms with E-state index in [2.05, 4.69) is 5.10 Å². The summed E-state index contributed by atoms with van der Waals surface area (Å²) in [5.41, 5.74) is 6.41. The van der Waals surface area contributed by atoms with Gasteiger partial charge >= 0.3 is 0 Å². The van der Waals surface area contributed by atoms with Crippen molar-refractivity contribution in [1.29, 1.82) is 0 Å². The lowest BCUT2D eigenvalue weighted by Crippen LogP contribution is -2.00. The van der Waals surface area contributed by atoms with Crippen molar-refractivity contribution in [2.24, 2.45) is 5.73 Å². The summed E-state index contributed by atoms with van der Waals surface area (Å²) in [4.78, 5) is 0. The standard InChI is InChI=1S/C6H11N3OS/c7-3-6-4-8-9(5-6)1-2-11-10/h4-5,10H,1-3,7H2. The predicted molar refractivity (Wildman–Crippen MR) is 45.2 cm³/mol. The molecule has 1 heterocycles. The molecule has 4 nitrogen and oxygen atoms in total. The van der Waals surface area contributed by atoms with Gasteiger partial charge in [-0.05, 0) is 12.0 Å². The first-order chi connectivity index (χ1) is 5.36. The van der Waals surface area contributed by atoms with Crippen molar-refractivity contribution in [2.45, 2.75) is 13.1 Å². The highest BCUT2D eigenvalue weighted by Crippen LogP contribution is 1.98. The smallest absolute Gasteiger partial charge is 0.0534 e. The molecule has 0 fully saturated rings. The van der Waals surface area contributed by atoms with Crippen molar-refractivity contribution >= 4 is 12.0 Å². The van der Waals surface area contributed by atoms with E-state index in [1.165, 1.54) is 0 Å². The van der Waals surface area contributed by atoms with Crippen LogP contribution in [0.3, 0.4) is 0 Å². The molecule has 11 heavy (non-hydrogen) atoms. The van der Waals surface area contributed by atoms with E-state index >= 15 is 0 Å². The Balaban J connectivity index is 2.44. The van der Waals surface area contributed by atoms with Gasteiger partial charge in [-0.3, -0.25) is 4.68 Å². The first-order valence-electron chi connectivity index (χ1n) is 3.34. The minimum Gasteiger partial charge on any atom is -0.330 e. The molecule has 0 atom stereocenters. The van der Waals surface area contributed by atoms with Gasteiger partial charge in [0.1, 0.15) is 0 Å². The Kier molecular flexibility index (Phi) is 3.41. The second-order valence-corrected chi connectivity index (χ2v) is 2.82. The summed E-state index contributed by atoms with van der Waals surface area (Å²) >= 11 is 0.821. The van der Waals surface area contributed by atoms with Gasteiger partial charge in [-0.15, -0.1) is 0 Å². The fourth-order valence-electron chi connectivity index (χ4n) is 0.768. The van der Waals surface area contributed by atoms with Gasteiger partial charge in [0.2, 0.25) is 0 Å². The molecule has 62 valence electrons. The quantitative estimate of drug-likeness (QED) is 0.652. The van der Waals surface area contributed by atoms with Gasteiger partial charge < -0.3 is 10.3 Å². The van der Waals surface area contributed by atoms with Crippen molar-refractivity contribution in [2.75, 3.05) is 5.75 Å². The molecule has 0 amide bonds. The summed E-state index contributed by atoms with van der Waals surface area (Å²) in [5, 5.41) is 4.04. The maximum Gasteiger partial charge on any atom is 0.0534 e. The van der Waals surface area contributed by atoms with Gasteiger partial charge in [0.25, 0.3) is 0 Å². The van der Waals surface area contributed by atoms with E-state index < -0.39 is 0 Å². The van der Waals surface area contributed by atoms with E-state index in [1.807, 2.05) is 6.20 Å². The minimum atomic E-state index is 0.520. The van der Waals surface area contributed by atoms with E-state index in [1.54, 1.807) is 10.9 Å². The maximum absolute atomic E-state index is 8.44. The van der Waals surface area contributed by atoms with E-state index in [4.69, 9.17) is 10.3 Å². The summed E-state index contributed by atoms with van der Waals surface area (Å²) in [5.74, 6) is 0.658. The van der Waals surface area contributed by atoms with Crippen LogP contribution >= 0.6 is 12.0 Å². The zero-order valence-corrected chi connectivity index (χ0v) is 6.92. The molecule has 3 N–H and O–H groups in total. The van der Waals surface area contributed by atoms with E-state index in [9.17, 15) is 0 Å². The first-order valence-corrected chi connectivity index (χ1v) is 4.29. The summed E-state index contributed by atoms with van der Waals surface area (Å²) < 4.78 is 10.2. The van der Waals surface area contributed by atoms with E-state index in [0.717, 1.165) is 24.2 Å². The lowest BCUT2D eigenvalue weighted by molar-refractivity contribution is 0.630. The molecule has 0 saturated heterocycles. The fraction of sp³-hybridized carbons (Fsp3) is 0.500. The molecule has 0 aliphatic heterocycles. The molecular formula is C6H11N3OS. The molecule has 5 heteroatoms. The van der Waals surface area contributed by atoms with Gasteiger partial charge in [0, 0.05) is 24.1 Å². The van der Waals surface area contributed by atoms with Gasteiger partial charge in [0.05, 0.1) is 12.7 Å². The van der Waals surface area contributed by atoms with E-state index in [-0.39, 0.29) is 0 Å². The van der Waals surface area contributed by atoms with Crippen LogP contribution in [-0.2, 0) is 13.1 Å². The third kappa shape index (κ3) is 2.53. The van der Waals surface area contributed by atoms with Gasteiger partial charge in [-0.1, -0.05) is 0 Å². The number of hydrogen-bond donors (Lipinski definition) is 2. The van der Waals surface area contributed by atoms with E-state index in [0.29, 0.717) is 12.3 Å². The molecule has 1 aromatic heterocycles. The second kappa shape index (κ2) is 4.38. The molecule has 0 bridgehead atoms. The van der Waals surface area contributed by atoms with Crippen LogP contribution in [0.25, 0.3) is 0 Å². The third-order valence-electron chi connectivity index (χ3n) is 1.33. The van der Waals surface area contributed by atoms with Gasteiger partial charge in [0.15, 0.2) is 0 Å². The van der Waals surface area contributed by atoms with Crippen LogP contribution in [0.1, 0.15) is 5.56 Å². The van der Waals surface area contributed by atoms with Crippen LogP contribution in [0, 0.1) is 0 Å². The monoisotopic (exact) mass is 173 g/mol. The molecular weight excluding hydrogens is 162 g/mol. The van der Waals surface area contributed by atoms with Crippen LogP contribution in [0.15, 0.2) is 12.4 Å². The zero-order chi connectivity index (χ0) is 8.10. The molecule has 1 aromatic rings. The Morgan fingerprint density at radius 1 is 1.73 bits per heavy atom. The van der Waals surface area contributed by atoms with Crippen LogP contribution in [0.4, 0.5) is 0 Å². The normalized spacial score (nSPS) is 10.4. The number of rotatable bonds is 4. The number of aryl methyl sites for hydroxylation is 1. The maximum atomic E-state index is 8.44. The van der Waals surface area contributed by atoms with Crippen LogP contribution in [-0.4, -0.2) is 20.1 Å². The molecule has 1 rings (SSSR count). The third-order valence-corrected chi connectivity index (χ3v) is 1.70. The van der Waals surface area contributed by atoms with Crippen LogP contribution in [0.2, 0.25) is 0 Å². The predicted octanol–water partition coefficient (Wildman–Crippen LogP) is 0.548. The SMILES string of the molecule is NCc1cnn(CCSO)c1. The van der Waals surface area contributed by atoms with Crippen LogP contribution < -0.4 is 5.73 Å². The highest BCUT2D eigenvalue weighted by Gasteiger charge is 1.94. The lowest BCUT2D eigenvalue weighted by Gasteiger charge is -1.95. The van der Waals surface area contributed by atoms with Crippen molar-refractivity contribution in [3.8, 4) is 0 Å². The molecule has 0 saturated carbocycles. The van der Waals surface area contributed by atoms with Crippen molar-refractivity contribution in [3.63, 3.8) is 0 Å². The number of nitrogens with zero attached hydrogens (tertiary/aromatic N) is 2. The summed E-state index contributed by atoms with van der Waals surface area (Å²) in [6.07, 6.45) is 3.62. The Bertz CT molecular complexity index is 213. The number of hydrogen-bond acceptors (Lipinski definition) is 4. The zero-order valence-electron chi connectivity index (χ0n) is 6.10. The Labute approximate surface area is 69.6 Å². The Morgan fingerprint density at radius 2 is 2.55 bits per heavy atom. The van der Waals surface area contributed by atoms with Crippen molar-refractivity contribution in [3.05, 3.63) is 18.0 Å². The summed E-state index contributed by atoms with van der Waals surface area (Å²) in [7, 11) is 0. The lowest BCUT2D eigenvalue weighted by atomic mass is 10.4. The number of nitrogens with two attached hydrogens (primary N) is 1. The largest absolute Gasteiger partial charge is 0.330 e. The molecule has 0 unspecified atom stereocenters. The van der Waals surface area contributed by atoms with Crippen molar-refractivity contribution < 1.29 is 4.55 Å². The van der Waals surface area contributed by atoms with Gasteiger partial charge in [-0.25, -0.2) is 0 Å². The Hall–Kier alpha value is -0.520. The second-order valence-electron chi connectivity index (χ2n) is 2.15. The average Bonchev–Trinajstić information content (AvgIpc) is 2.48. The highest BCUT2D eigenvalue weighted by molar-refractivity contribution is 7.93. The molecule has 0 spiro atoms. The van der Waals surface area contributed by atoms with Crippen LogP contribution in [0.5, 0.6) is 0 Å². The minimum absolute atomic E-state index is 0.520.